The van der Waals surface area contributed by atoms with Gasteiger partial charge in [-0.3, -0.25) is 4.79 Å². The summed E-state index contributed by atoms with van der Waals surface area (Å²) in [6.45, 7) is 1.58. The van der Waals surface area contributed by atoms with Gasteiger partial charge in [0.1, 0.15) is 5.82 Å². The highest BCUT2D eigenvalue weighted by molar-refractivity contribution is 8.00. The Morgan fingerprint density at radius 3 is 2.56 bits per heavy atom. The van der Waals surface area contributed by atoms with Crippen LogP contribution in [-0.2, 0) is 4.79 Å². The largest absolute Gasteiger partial charge is 0.335 e. The SMILES string of the molecule is C[C@@H](Sc1nnc(-c2ccccc2F)n1N)C(=O)Nc1ccc(F)c(F)c1. The summed E-state index contributed by atoms with van der Waals surface area (Å²) in [6, 6.07) is 9.00. The van der Waals surface area contributed by atoms with Gasteiger partial charge >= 0.3 is 0 Å². The zero-order valence-electron chi connectivity index (χ0n) is 14.0. The smallest absolute Gasteiger partial charge is 0.237 e. The molecule has 10 heteroatoms. The summed E-state index contributed by atoms with van der Waals surface area (Å²) in [5, 5.41) is 9.74. The third-order valence-electron chi connectivity index (χ3n) is 3.62. The van der Waals surface area contributed by atoms with Gasteiger partial charge in [-0.15, -0.1) is 10.2 Å². The van der Waals surface area contributed by atoms with Gasteiger partial charge in [0.05, 0.1) is 10.8 Å². The van der Waals surface area contributed by atoms with Gasteiger partial charge in [0.2, 0.25) is 11.1 Å². The lowest BCUT2D eigenvalue weighted by Crippen LogP contribution is -2.23. The summed E-state index contributed by atoms with van der Waals surface area (Å²) in [5.41, 5.74) is 0.297. The van der Waals surface area contributed by atoms with Gasteiger partial charge in [-0.05, 0) is 31.2 Å². The van der Waals surface area contributed by atoms with Crippen molar-refractivity contribution in [3.05, 3.63) is 59.9 Å². The molecule has 3 aromatic rings. The van der Waals surface area contributed by atoms with Gasteiger partial charge in [-0.1, -0.05) is 23.9 Å². The number of thioether (sulfide) groups is 1. The van der Waals surface area contributed by atoms with Crippen molar-refractivity contribution in [2.24, 2.45) is 0 Å². The second-order valence-corrected chi connectivity index (χ2v) is 6.84. The van der Waals surface area contributed by atoms with Crippen LogP contribution in [0.5, 0.6) is 0 Å². The van der Waals surface area contributed by atoms with Crippen molar-refractivity contribution in [3.63, 3.8) is 0 Å². The predicted octanol–water partition coefficient (Wildman–Crippen LogP) is 3.20. The summed E-state index contributed by atoms with van der Waals surface area (Å²) in [7, 11) is 0. The number of carbonyl (C=O) groups excluding carboxylic acids is 1. The van der Waals surface area contributed by atoms with Crippen LogP contribution in [0, 0.1) is 17.5 Å². The second kappa shape index (κ2) is 7.70. The second-order valence-electron chi connectivity index (χ2n) is 5.53. The van der Waals surface area contributed by atoms with E-state index in [0.29, 0.717) is 0 Å². The normalized spacial score (nSPS) is 12.0. The molecule has 0 unspecified atom stereocenters. The Labute approximate surface area is 156 Å². The molecule has 140 valence electrons. The van der Waals surface area contributed by atoms with Gasteiger partial charge < -0.3 is 11.2 Å². The van der Waals surface area contributed by atoms with Crippen LogP contribution in [0.3, 0.4) is 0 Å². The van der Waals surface area contributed by atoms with Crippen molar-refractivity contribution < 1.29 is 18.0 Å². The minimum Gasteiger partial charge on any atom is -0.335 e. The summed E-state index contributed by atoms with van der Waals surface area (Å²) in [6.07, 6.45) is 0. The van der Waals surface area contributed by atoms with Crippen LogP contribution >= 0.6 is 11.8 Å². The highest BCUT2D eigenvalue weighted by atomic mass is 32.2. The molecule has 0 aliphatic heterocycles. The van der Waals surface area contributed by atoms with E-state index in [2.05, 4.69) is 15.5 Å². The molecule has 0 aliphatic rings. The van der Waals surface area contributed by atoms with Gasteiger partial charge in [0, 0.05) is 11.8 Å². The Morgan fingerprint density at radius 1 is 1.11 bits per heavy atom. The molecule has 0 saturated heterocycles. The van der Waals surface area contributed by atoms with E-state index in [1.807, 2.05) is 0 Å². The number of anilines is 1. The number of rotatable bonds is 5. The molecule has 1 amide bonds. The van der Waals surface area contributed by atoms with E-state index in [1.54, 1.807) is 13.0 Å². The molecule has 0 aliphatic carbocycles. The quantitative estimate of drug-likeness (QED) is 0.514. The molecule has 3 N–H and O–H groups in total. The van der Waals surface area contributed by atoms with E-state index >= 15 is 0 Å². The minimum atomic E-state index is -1.07. The molecule has 27 heavy (non-hydrogen) atoms. The van der Waals surface area contributed by atoms with E-state index in [-0.39, 0.29) is 22.2 Å². The highest BCUT2D eigenvalue weighted by Crippen LogP contribution is 2.26. The number of benzene rings is 2. The maximum Gasteiger partial charge on any atom is 0.237 e. The van der Waals surface area contributed by atoms with Crippen LogP contribution in [0.4, 0.5) is 18.9 Å². The fourth-order valence-electron chi connectivity index (χ4n) is 2.21. The Hall–Kier alpha value is -3.01. The molecule has 0 saturated carbocycles. The molecular formula is C17H14F3N5OS. The molecule has 1 atom stereocenters. The first kappa shape index (κ1) is 18.8. The van der Waals surface area contributed by atoms with Gasteiger partial charge in [-0.25, -0.2) is 17.8 Å². The third-order valence-corrected chi connectivity index (χ3v) is 4.67. The first-order valence-electron chi connectivity index (χ1n) is 7.74. The van der Waals surface area contributed by atoms with E-state index in [9.17, 15) is 18.0 Å². The molecule has 3 rings (SSSR count). The summed E-state index contributed by atoms with van der Waals surface area (Å²) < 4.78 is 41.2. The first-order chi connectivity index (χ1) is 12.9. The number of nitrogens with two attached hydrogens (primary N) is 1. The fourth-order valence-corrected chi connectivity index (χ4v) is 2.98. The van der Waals surface area contributed by atoms with Crippen LogP contribution in [0.15, 0.2) is 47.6 Å². The van der Waals surface area contributed by atoms with E-state index in [4.69, 9.17) is 5.84 Å². The van der Waals surface area contributed by atoms with Crippen molar-refractivity contribution in [1.82, 2.24) is 14.9 Å². The molecule has 0 bridgehead atoms. The van der Waals surface area contributed by atoms with Gasteiger partial charge in [0.25, 0.3) is 0 Å². The lowest BCUT2D eigenvalue weighted by molar-refractivity contribution is -0.115. The van der Waals surface area contributed by atoms with Crippen molar-refractivity contribution in [1.29, 1.82) is 0 Å². The maximum absolute atomic E-state index is 13.9. The Bertz CT molecular complexity index is 994. The fraction of sp³-hybridized carbons (Fsp3) is 0.118. The van der Waals surface area contributed by atoms with Crippen molar-refractivity contribution in [3.8, 4) is 11.4 Å². The average Bonchev–Trinajstić information content (AvgIpc) is 2.99. The maximum atomic E-state index is 13.9. The predicted molar refractivity (Wildman–Crippen MR) is 95.9 cm³/mol. The van der Waals surface area contributed by atoms with Crippen LogP contribution in [0.25, 0.3) is 11.4 Å². The summed E-state index contributed by atoms with van der Waals surface area (Å²) >= 11 is 0.988. The molecule has 1 heterocycles. The number of hydrogen-bond acceptors (Lipinski definition) is 5. The minimum absolute atomic E-state index is 0.115. The number of nitrogens with one attached hydrogen (secondary N) is 1. The zero-order chi connectivity index (χ0) is 19.6. The van der Waals surface area contributed by atoms with Crippen LogP contribution in [0.2, 0.25) is 0 Å². The third kappa shape index (κ3) is 4.05. The number of halogens is 3. The number of hydrogen-bond donors (Lipinski definition) is 2. The Balaban J connectivity index is 1.72. The Kier molecular flexibility index (Phi) is 5.36. The summed E-state index contributed by atoms with van der Waals surface area (Å²) in [4.78, 5) is 12.2. The molecular weight excluding hydrogens is 379 g/mol. The number of amides is 1. The number of aromatic nitrogens is 3. The van der Waals surface area contributed by atoms with Crippen molar-refractivity contribution in [2.45, 2.75) is 17.3 Å². The van der Waals surface area contributed by atoms with Crippen molar-refractivity contribution in [2.75, 3.05) is 11.2 Å². The van der Waals surface area contributed by atoms with Crippen LogP contribution in [-0.4, -0.2) is 26.0 Å². The monoisotopic (exact) mass is 393 g/mol. The van der Waals surface area contributed by atoms with E-state index in [0.717, 1.165) is 28.6 Å². The molecule has 0 spiro atoms. The standard InChI is InChI=1S/C17H14F3N5OS/c1-9(16(26)22-10-6-7-13(19)14(20)8-10)27-17-24-23-15(25(17)21)11-4-2-3-5-12(11)18/h2-9H,21H2,1H3,(H,22,26)/t9-/m1/s1. The first-order valence-corrected chi connectivity index (χ1v) is 8.62. The Morgan fingerprint density at radius 2 is 1.85 bits per heavy atom. The number of carbonyl (C=O) groups is 1. The lowest BCUT2D eigenvalue weighted by atomic mass is 10.2. The topological polar surface area (TPSA) is 85.8 Å². The molecule has 2 aromatic carbocycles. The number of nitrogens with zero attached hydrogens (tertiary/aromatic N) is 3. The highest BCUT2D eigenvalue weighted by Gasteiger charge is 2.21. The summed E-state index contributed by atoms with van der Waals surface area (Å²) in [5.74, 6) is 2.99. The zero-order valence-corrected chi connectivity index (χ0v) is 14.8. The van der Waals surface area contributed by atoms with E-state index < -0.39 is 28.6 Å². The molecule has 6 nitrogen and oxygen atoms in total. The van der Waals surface area contributed by atoms with Crippen molar-refractivity contribution >= 4 is 23.4 Å². The van der Waals surface area contributed by atoms with Crippen LogP contribution in [0.1, 0.15) is 6.92 Å². The van der Waals surface area contributed by atoms with Crippen LogP contribution < -0.4 is 11.2 Å². The van der Waals surface area contributed by atoms with Gasteiger partial charge in [-0.2, -0.15) is 0 Å². The number of nitrogen functional groups attached to an aromatic ring is 1. The average molecular weight is 393 g/mol. The van der Waals surface area contributed by atoms with E-state index in [1.165, 1.54) is 24.3 Å². The lowest BCUT2D eigenvalue weighted by Gasteiger charge is -2.12. The molecule has 0 fully saturated rings. The molecule has 1 aromatic heterocycles. The van der Waals surface area contributed by atoms with Gasteiger partial charge in [0.15, 0.2) is 17.5 Å². The molecule has 0 radical (unpaired) electrons.